The Morgan fingerprint density at radius 3 is 2.89 bits per heavy atom. The summed E-state index contributed by atoms with van der Waals surface area (Å²) in [5.74, 6) is 1.41. The van der Waals surface area contributed by atoms with Gasteiger partial charge in [0.15, 0.2) is 0 Å². The quantitative estimate of drug-likeness (QED) is 0.779. The predicted octanol–water partition coefficient (Wildman–Crippen LogP) is 3.29. The summed E-state index contributed by atoms with van der Waals surface area (Å²) in [4.78, 5) is 2.38. The molecule has 1 saturated heterocycles. The van der Waals surface area contributed by atoms with Crippen molar-refractivity contribution in [3.63, 3.8) is 0 Å². The van der Waals surface area contributed by atoms with Crippen molar-refractivity contribution in [2.45, 2.75) is 25.7 Å². The zero-order valence-electron chi connectivity index (χ0n) is 11.2. The number of nitrogens with zero attached hydrogens (tertiary/aromatic N) is 1. The molecule has 1 aromatic carbocycles. The molecule has 2 atom stereocenters. The van der Waals surface area contributed by atoms with Crippen molar-refractivity contribution in [2.24, 2.45) is 0 Å². The molecule has 2 unspecified atom stereocenters. The highest BCUT2D eigenvalue weighted by molar-refractivity contribution is 9.10. The van der Waals surface area contributed by atoms with Gasteiger partial charge in [0.05, 0.1) is 23.8 Å². The molecule has 0 spiro atoms. The number of benzene rings is 1. The van der Waals surface area contributed by atoms with Crippen molar-refractivity contribution in [3.05, 3.63) is 28.2 Å². The molecule has 0 bridgehead atoms. The van der Waals surface area contributed by atoms with E-state index in [1.165, 1.54) is 5.56 Å². The van der Waals surface area contributed by atoms with Gasteiger partial charge in [-0.3, -0.25) is 4.90 Å². The molecular weight excluding hydrogens is 330 g/mol. The van der Waals surface area contributed by atoms with Crippen LogP contribution in [-0.2, 0) is 11.3 Å². The fourth-order valence-electron chi connectivity index (χ4n) is 2.42. The Labute approximate surface area is 128 Å². The molecule has 0 N–H and O–H groups in total. The van der Waals surface area contributed by atoms with Gasteiger partial charge < -0.3 is 9.47 Å². The van der Waals surface area contributed by atoms with Crippen LogP contribution >= 0.6 is 27.5 Å². The first-order chi connectivity index (χ1) is 9.12. The van der Waals surface area contributed by atoms with Crippen molar-refractivity contribution in [1.82, 2.24) is 4.90 Å². The minimum Gasteiger partial charge on any atom is -0.496 e. The lowest BCUT2D eigenvalue weighted by molar-refractivity contribution is -0.0688. The Morgan fingerprint density at radius 2 is 2.26 bits per heavy atom. The van der Waals surface area contributed by atoms with E-state index >= 15 is 0 Å². The first-order valence-corrected chi connectivity index (χ1v) is 7.71. The number of ether oxygens (including phenoxy) is 2. The molecule has 1 heterocycles. The van der Waals surface area contributed by atoms with Gasteiger partial charge >= 0.3 is 0 Å². The Morgan fingerprint density at radius 1 is 1.47 bits per heavy atom. The lowest BCUT2D eigenvalue weighted by Gasteiger charge is -2.36. The third-order valence-electron chi connectivity index (χ3n) is 3.20. The summed E-state index contributed by atoms with van der Waals surface area (Å²) < 4.78 is 12.0. The van der Waals surface area contributed by atoms with Crippen LogP contribution in [0.4, 0.5) is 0 Å². The lowest BCUT2D eigenvalue weighted by atomic mass is 10.1. The summed E-state index contributed by atoms with van der Waals surface area (Å²) in [7, 11) is 1.68. The van der Waals surface area contributed by atoms with Gasteiger partial charge in [0.1, 0.15) is 5.75 Å². The van der Waals surface area contributed by atoms with Gasteiger partial charge in [-0.05, 0) is 40.5 Å². The second-order valence-electron chi connectivity index (χ2n) is 4.89. The van der Waals surface area contributed by atoms with Crippen molar-refractivity contribution in [2.75, 3.05) is 26.1 Å². The summed E-state index contributed by atoms with van der Waals surface area (Å²) in [5.41, 5.74) is 1.26. The second-order valence-corrected chi connectivity index (χ2v) is 6.05. The fourth-order valence-corrected chi connectivity index (χ4v) is 3.18. The van der Waals surface area contributed by atoms with E-state index in [-0.39, 0.29) is 12.2 Å². The van der Waals surface area contributed by atoms with Gasteiger partial charge in [0.2, 0.25) is 0 Å². The number of rotatable bonds is 4. The molecule has 1 aliphatic rings. The highest BCUT2D eigenvalue weighted by Crippen LogP contribution is 2.26. The monoisotopic (exact) mass is 347 g/mol. The summed E-state index contributed by atoms with van der Waals surface area (Å²) in [6.07, 6.45) is 0.367. The number of halogens is 2. The molecule has 0 radical (unpaired) electrons. The average molecular weight is 349 g/mol. The van der Waals surface area contributed by atoms with E-state index in [9.17, 15) is 0 Å². The van der Waals surface area contributed by atoms with Crippen LogP contribution in [0.2, 0.25) is 0 Å². The number of morpholine rings is 1. The molecule has 106 valence electrons. The molecule has 2 rings (SSSR count). The van der Waals surface area contributed by atoms with Crippen LogP contribution in [-0.4, -0.2) is 43.2 Å². The van der Waals surface area contributed by atoms with Crippen LogP contribution in [0.3, 0.4) is 0 Å². The largest absolute Gasteiger partial charge is 0.496 e. The van der Waals surface area contributed by atoms with E-state index in [1.54, 1.807) is 7.11 Å². The predicted molar refractivity (Wildman–Crippen MR) is 81.0 cm³/mol. The molecule has 0 aromatic heterocycles. The highest BCUT2D eigenvalue weighted by Gasteiger charge is 2.24. The van der Waals surface area contributed by atoms with Crippen LogP contribution in [0.1, 0.15) is 12.5 Å². The van der Waals surface area contributed by atoms with Crippen LogP contribution in [0.5, 0.6) is 5.75 Å². The van der Waals surface area contributed by atoms with Gasteiger partial charge in [-0.2, -0.15) is 0 Å². The number of hydrogen-bond donors (Lipinski definition) is 0. The zero-order valence-corrected chi connectivity index (χ0v) is 13.6. The normalized spacial score (nSPS) is 24.4. The third kappa shape index (κ3) is 4.09. The number of methoxy groups -OCH3 is 1. The first kappa shape index (κ1) is 15.1. The molecule has 0 saturated carbocycles. The SMILES string of the molecule is COc1ccc(CN2CC(C)OC(CCl)C2)cc1Br. The van der Waals surface area contributed by atoms with Crippen LogP contribution in [0, 0.1) is 0 Å². The van der Waals surface area contributed by atoms with Crippen molar-refractivity contribution in [1.29, 1.82) is 0 Å². The maximum Gasteiger partial charge on any atom is 0.133 e. The van der Waals surface area contributed by atoms with E-state index in [2.05, 4.69) is 39.9 Å². The highest BCUT2D eigenvalue weighted by atomic mass is 79.9. The van der Waals surface area contributed by atoms with E-state index in [0.717, 1.165) is 29.9 Å². The van der Waals surface area contributed by atoms with Crippen molar-refractivity contribution in [3.8, 4) is 5.75 Å². The van der Waals surface area contributed by atoms with E-state index < -0.39 is 0 Å². The zero-order chi connectivity index (χ0) is 13.8. The van der Waals surface area contributed by atoms with Gasteiger partial charge in [-0.25, -0.2) is 0 Å². The Hall–Kier alpha value is -0.290. The summed E-state index contributed by atoms with van der Waals surface area (Å²) in [5, 5.41) is 0. The molecule has 19 heavy (non-hydrogen) atoms. The number of hydrogen-bond acceptors (Lipinski definition) is 3. The van der Waals surface area contributed by atoms with Gasteiger partial charge in [0, 0.05) is 25.5 Å². The van der Waals surface area contributed by atoms with Crippen molar-refractivity contribution >= 4 is 27.5 Å². The standard InChI is InChI=1S/C14H19BrClNO2/c1-10-7-17(9-12(6-16)19-10)8-11-3-4-14(18-2)13(15)5-11/h3-5,10,12H,6-9H2,1-2H3. The van der Waals surface area contributed by atoms with Gasteiger partial charge in [-0.15, -0.1) is 11.6 Å². The smallest absolute Gasteiger partial charge is 0.133 e. The van der Waals surface area contributed by atoms with Crippen LogP contribution in [0.25, 0.3) is 0 Å². The molecule has 0 aliphatic carbocycles. The average Bonchev–Trinajstić information content (AvgIpc) is 2.38. The van der Waals surface area contributed by atoms with Crippen LogP contribution in [0.15, 0.2) is 22.7 Å². The third-order valence-corrected chi connectivity index (χ3v) is 4.16. The minimum absolute atomic E-state index is 0.132. The topological polar surface area (TPSA) is 21.7 Å². The molecular formula is C14H19BrClNO2. The Kier molecular flexibility index (Phi) is 5.51. The first-order valence-electron chi connectivity index (χ1n) is 6.38. The maximum atomic E-state index is 5.90. The lowest BCUT2D eigenvalue weighted by Crippen LogP contribution is -2.46. The van der Waals surface area contributed by atoms with E-state index in [1.807, 2.05) is 6.07 Å². The van der Waals surface area contributed by atoms with Gasteiger partial charge in [-0.1, -0.05) is 6.07 Å². The minimum atomic E-state index is 0.132. The molecule has 0 amide bonds. The Balaban J connectivity index is 2.02. The number of alkyl halides is 1. The molecule has 1 aliphatic heterocycles. The maximum absolute atomic E-state index is 5.90. The summed E-state index contributed by atoms with van der Waals surface area (Å²) in [6.45, 7) is 4.83. The Bertz CT molecular complexity index is 430. The summed E-state index contributed by atoms with van der Waals surface area (Å²) in [6, 6.07) is 6.19. The fraction of sp³-hybridized carbons (Fsp3) is 0.571. The summed E-state index contributed by atoms with van der Waals surface area (Å²) >= 11 is 9.42. The molecule has 1 aromatic rings. The second kappa shape index (κ2) is 6.93. The van der Waals surface area contributed by atoms with E-state index in [0.29, 0.717) is 5.88 Å². The van der Waals surface area contributed by atoms with Crippen molar-refractivity contribution < 1.29 is 9.47 Å². The van der Waals surface area contributed by atoms with Crippen LogP contribution < -0.4 is 4.74 Å². The molecule has 1 fully saturated rings. The van der Waals surface area contributed by atoms with Gasteiger partial charge in [0.25, 0.3) is 0 Å². The molecule has 5 heteroatoms. The van der Waals surface area contributed by atoms with E-state index in [4.69, 9.17) is 21.1 Å². The molecule has 3 nitrogen and oxygen atoms in total.